The summed E-state index contributed by atoms with van der Waals surface area (Å²) in [5.74, 6) is 0.496. The summed E-state index contributed by atoms with van der Waals surface area (Å²) in [5, 5.41) is 2.46. The highest BCUT2D eigenvalue weighted by atomic mass is 15.1. The molecule has 3 aliphatic carbocycles. The Bertz CT molecular complexity index is 2950. The first kappa shape index (κ1) is 39.2. The smallest absolute Gasteiger partial charge is 0.0540 e. The van der Waals surface area contributed by atoms with Gasteiger partial charge in [-0.1, -0.05) is 196 Å². The Morgan fingerprint density at radius 3 is 2.00 bits per heavy atom. The minimum atomic E-state index is -0.290. The van der Waals surface area contributed by atoms with Crippen molar-refractivity contribution in [3.8, 4) is 22.3 Å². The van der Waals surface area contributed by atoms with Crippen LogP contribution in [0.15, 0.2) is 163 Å². The second-order valence-corrected chi connectivity index (χ2v) is 20.8. The summed E-state index contributed by atoms with van der Waals surface area (Å²) < 4.78 is 0. The molecule has 7 aromatic rings. The molecule has 1 heteroatoms. The molecule has 0 heterocycles. The SMILES string of the molecule is CC1C=C2C(=CC1)c1ccc(N(c3ccccc3-c3cccc4c3-c3c(C(C)(C)C)cc(C(C)(C)C)cc3C4(C)C)c3cccc4ccccc34)cc1C2(C)c1ccccc1. The van der Waals surface area contributed by atoms with Crippen molar-refractivity contribution in [2.24, 2.45) is 5.92 Å². The lowest BCUT2D eigenvalue weighted by molar-refractivity contribution is 0.564. The van der Waals surface area contributed by atoms with Gasteiger partial charge in [0.25, 0.3) is 0 Å². The third-order valence-corrected chi connectivity index (χ3v) is 14.3. The van der Waals surface area contributed by atoms with E-state index >= 15 is 0 Å². The zero-order valence-electron chi connectivity index (χ0n) is 37.7. The monoisotopic (exact) mass is 793 g/mol. The molecule has 7 aromatic carbocycles. The molecule has 0 aromatic heterocycles. The maximum absolute atomic E-state index is 2.56. The predicted molar refractivity (Wildman–Crippen MR) is 262 cm³/mol. The van der Waals surface area contributed by atoms with Crippen LogP contribution in [0.5, 0.6) is 0 Å². The predicted octanol–water partition coefficient (Wildman–Crippen LogP) is 16.5. The maximum Gasteiger partial charge on any atom is 0.0540 e. The van der Waals surface area contributed by atoms with E-state index in [1.807, 2.05) is 0 Å². The van der Waals surface area contributed by atoms with E-state index in [2.05, 4.69) is 232 Å². The zero-order chi connectivity index (χ0) is 42.6. The fourth-order valence-corrected chi connectivity index (χ4v) is 10.9. The van der Waals surface area contributed by atoms with E-state index < -0.39 is 0 Å². The molecular weight excluding hydrogens is 735 g/mol. The van der Waals surface area contributed by atoms with E-state index in [9.17, 15) is 0 Å². The Labute approximate surface area is 364 Å². The fraction of sp³-hybridized carbons (Fsp3) is 0.267. The molecular formula is C60H59N. The van der Waals surface area contributed by atoms with Gasteiger partial charge in [0.05, 0.1) is 11.4 Å². The van der Waals surface area contributed by atoms with Crippen molar-refractivity contribution in [1.29, 1.82) is 0 Å². The molecule has 2 unspecified atom stereocenters. The number of allylic oxidation sites excluding steroid dienone is 4. The van der Waals surface area contributed by atoms with Gasteiger partial charge in [0.2, 0.25) is 0 Å². The average molecular weight is 794 g/mol. The van der Waals surface area contributed by atoms with Crippen molar-refractivity contribution < 1.29 is 0 Å². The molecule has 0 aliphatic heterocycles. The van der Waals surface area contributed by atoms with Gasteiger partial charge in [-0.25, -0.2) is 0 Å². The molecule has 0 bridgehead atoms. The molecule has 0 N–H and O–H groups in total. The minimum absolute atomic E-state index is 0.0316. The van der Waals surface area contributed by atoms with Crippen LogP contribution in [-0.2, 0) is 21.7 Å². The van der Waals surface area contributed by atoms with Gasteiger partial charge in [-0.05, 0) is 127 Å². The highest BCUT2D eigenvalue weighted by Gasteiger charge is 2.45. The molecule has 0 fully saturated rings. The quantitative estimate of drug-likeness (QED) is 0.168. The number of hydrogen-bond donors (Lipinski definition) is 0. The maximum atomic E-state index is 2.56. The second-order valence-electron chi connectivity index (χ2n) is 20.8. The molecule has 3 aliphatic rings. The van der Waals surface area contributed by atoms with Crippen LogP contribution in [0, 0.1) is 5.92 Å². The van der Waals surface area contributed by atoms with E-state index in [-0.39, 0.29) is 21.7 Å². The first-order valence-corrected chi connectivity index (χ1v) is 22.4. The van der Waals surface area contributed by atoms with Crippen LogP contribution in [0.1, 0.15) is 115 Å². The molecule has 0 spiro atoms. The van der Waals surface area contributed by atoms with Gasteiger partial charge in [0, 0.05) is 27.5 Å². The summed E-state index contributed by atoms with van der Waals surface area (Å²) in [7, 11) is 0. The Morgan fingerprint density at radius 2 is 1.23 bits per heavy atom. The molecule has 61 heavy (non-hydrogen) atoms. The highest BCUT2D eigenvalue weighted by molar-refractivity contribution is 6.04. The molecule has 1 nitrogen and oxygen atoms in total. The topological polar surface area (TPSA) is 3.24 Å². The van der Waals surface area contributed by atoms with E-state index in [1.165, 1.54) is 94.5 Å². The van der Waals surface area contributed by atoms with Crippen LogP contribution in [0.25, 0.3) is 38.6 Å². The first-order valence-electron chi connectivity index (χ1n) is 22.4. The van der Waals surface area contributed by atoms with Crippen LogP contribution < -0.4 is 4.90 Å². The molecule has 0 radical (unpaired) electrons. The number of rotatable bonds is 5. The highest BCUT2D eigenvalue weighted by Crippen LogP contribution is 2.59. The fourth-order valence-electron chi connectivity index (χ4n) is 10.9. The number of para-hydroxylation sites is 1. The van der Waals surface area contributed by atoms with Gasteiger partial charge in [-0.2, -0.15) is 0 Å². The van der Waals surface area contributed by atoms with Crippen LogP contribution >= 0.6 is 0 Å². The average Bonchev–Trinajstić information content (AvgIpc) is 3.64. The van der Waals surface area contributed by atoms with E-state index in [1.54, 1.807) is 0 Å². The summed E-state index contributed by atoms with van der Waals surface area (Å²) in [6.07, 6.45) is 6.11. The van der Waals surface area contributed by atoms with Crippen LogP contribution in [0.4, 0.5) is 17.1 Å². The van der Waals surface area contributed by atoms with Crippen molar-refractivity contribution in [2.75, 3.05) is 4.90 Å². The lowest BCUT2D eigenvalue weighted by atomic mass is 9.72. The van der Waals surface area contributed by atoms with Gasteiger partial charge >= 0.3 is 0 Å². The molecule has 10 rings (SSSR count). The first-order chi connectivity index (χ1) is 29.1. The van der Waals surface area contributed by atoms with Crippen molar-refractivity contribution in [2.45, 2.75) is 97.3 Å². The van der Waals surface area contributed by atoms with Crippen molar-refractivity contribution in [3.05, 3.63) is 202 Å². The Balaban J connectivity index is 1.26. The summed E-state index contributed by atoms with van der Waals surface area (Å²) in [6.45, 7) is 23.9. The Hall–Kier alpha value is -5.92. The van der Waals surface area contributed by atoms with Gasteiger partial charge < -0.3 is 4.90 Å². The molecule has 0 saturated carbocycles. The van der Waals surface area contributed by atoms with Crippen LogP contribution in [-0.4, -0.2) is 0 Å². The molecule has 0 amide bonds. The van der Waals surface area contributed by atoms with Crippen molar-refractivity contribution in [1.82, 2.24) is 0 Å². The largest absolute Gasteiger partial charge is 0.309 e. The summed E-state index contributed by atoms with van der Waals surface area (Å²) in [5.41, 5.74) is 20.9. The standard InChI is InChI=1S/C60H59N/c1-38-30-32-44-45-33-31-42(37-50(45)60(10,49(44)34-38)40-22-12-11-13-23-40)61(53-29-18-21-39-20-14-15-24-43(39)53)54-28-17-16-25-46(54)47-26-19-27-48-55(47)56-51(58(5,6)7)35-41(57(2,3)4)36-52(56)59(48,8)9/h11-29,31-38H,30H2,1-10H3. The zero-order valence-corrected chi connectivity index (χ0v) is 37.7. The lowest BCUT2D eigenvalue weighted by Crippen LogP contribution is -2.24. The van der Waals surface area contributed by atoms with Gasteiger partial charge in [-0.3, -0.25) is 0 Å². The third-order valence-electron chi connectivity index (χ3n) is 14.3. The van der Waals surface area contributed by atoms with Gasteiger partial charge in [0.1, 0.15) is 0 Å². The minimum Gasteiger partial charge on any atom is -0.309 e. The molecule has 304 valence electrons. The second kappa shape index (κ2) is 13.8. The normalized spacial score (nSPS) is 18.8. The number of hydrogen-bond acceptors (Lipinski definition) is 1. The number of nitrogens with zero attached hydrogens (tertiary/aromatic N) is 1. The lowest BCUT2D eigenvalue weighted by Gasteiger charge is -2.33. The summed E-state index contributed by atoms with van der Waals surface area (Å²) in [4.78, 5) is 2.56. The molecule has 0 saturated heterocycles. The van der Waals surface area contributed by atoms with E-state index in [4.69, 9.17) is 0 Å². The van der Waals surface area contributed by atoms with E-state index in [0.717, 1.165) is 12.1 Å². The number of benzene rings is 7. The summed E-state index contributed by atoms with van der Waals surface area (Å²) >= 11 is 0. The van der Waals surface area contributed by atoms with Crippen LogP contribution in [0.2, 0.25) is 0 Å². The van der Waals surface area contributed by atoms with Crippen LogP contribution in [0.3, 0.4) is 0 Å². The van der Waals surface area contributed by atoms with Crippen molar-refractivity contribution >= 4 is 33.4 Å². The Kier molecular flexibility index (Phi) is 8.87. The van der Waals surface area contributed by atoms with Gasteiger partial charge in [0.15, 0.2) is 0 Å². The molecule has 2 atom stereocenters. The van der Waals surface area contributed by atoms with E-state index in [0.29, 0.717) is 5.92 Å². The van der Waals surface area contributed by atoms with Crippen molar-refractivity contribution in [3.63, 3.8) is 0 Å². The number of fused-ring (bicyclic) bond motifs is 7. The van der Waals surface area contributed by atoms with Gasteiger partial charge in [-0.15, -0.1) is 0 Å². The summed E-state index contributed by atoms with van der Waals surface area (Å²) in [6, 6.07) is 55.4. The Morgan fingerprint density at radius 1 is 0.557 bits per heavy atom. The number of anilines is 3. The third kappa shape index (κ3) is 6.02.